The monoisotopic (exact) mass is 309 g/mol. The Bertz CT molecular complexity index is 500. The van der Waals surface area contributed by atoms with Crippen molar-refractivity contribution in [2.75, 3.05) is 11.9 Å². The molecule has 0 aliphatic rings. The van der Waals surface area contributed by atoms with E-state index in [4.69, 9.17) is 16.3 Å². The number of benzene rings is 1. The number of esters is 1. The summed E-state index contributed by atoms with van der Waals surface area (Å²) in [6.45, 7) is 2.50. The summed E-state index contributed by atoms with van der Waals surface area (Å²) in [5.74, 6) is -0.938. The molecule has 0 unspecified atom stereocenters. The molecule has 0 aliphatic heterocycles. The van der Waals surface area contributed by atoms with Crippen LogP contribution in [-0.4, -0.2) is 18.5 Å². The molecule has 0 saturated heterocycles. The number of nitrogens with one attached hydrogen (secondary N) is 1. The first-order valence-electron chi connectivity index (χ1n) is 7.04. The van der Waals surface area contributed by atoms with E-state index in [-0.39, 0.29) is 0 Å². The van der Waals surface area contributed by atoms with Crippen molar-refractivity contribution in [3.8, 4) is 0 Å². The quantitative estimate of drug-likeness (QED) is 0.449. The van der Waals surface area contributed by atoms with Gasteiger partial charge in [-0.25, -0.2) is 4.79 Å². The van der Waals surface area contributed by atoms with Gasteiger partial charge in [-0.05, 0) is 18.6 Å². The molecule has 0 radical (unpaired) electrons. The van der Waals surface area contributed by atoms with Gasteiger partial charge in [0.1, 0.15) is 0 Å². The van der Waals surface area contributed by atoms with Gasteiger partial charge in [0, 0.05) is 12.2 Å². The SMILES string of the molecule is CCCCCCOC(=O)/C=C/C(=O)Nc1ccccc1Cl. The fourth-order valence-electron chi connectivity index (χ4n) is 1.63. The number of hydrogen-bond donors (Lipinski definition) is 1. The second-order valence-electron chi connectivity index (χ2n) is 4.53. The van der Waals surface area contributed by atoms with Crippen molar-refractivity contribution in [1.82, 2.24) is 0 Å². The molecule has 0 fully saturated rings. The van der Waals surface area contributed by atoms with E-state index in [1.54, 1.807) is 24.3 Å². The lowest BCUT2D eigenvalue weighted by Crippen LogP contribution is -2.10. The maximum atomic E-state index is 11.6. The van der Waals surface area contributed by atoms with Gasteiger partial charge in [0.15, 0.2) is 0 Å². The first-order chi connectivity index (χ1) is 10.1. The van der Waals surface area contributed by atoms with Crippen LogP contribution in [0.15, 0.2) is 36.4 Å². The van der Waals surface area contributed by atoms with Crippen LogP contribution in [0, 0.1) is 0 Å². The average Bonchev–Trinajstić information content (AvgIpc) is 2.47. The predicted molar refractivity (Wildman–Crippen MR) is 84.3 cm³/mol. The molecule has 0 aliphatic carbocycles. The van der Waals surface area contributed by atoms with Gasteiger partial charge in [0.25, 0.3) is 0 Å². The molecule has 0 saturated carbocycles. The second kappa shape index (κ2) is 10.00. The van der Waals surface area contributed by atoms with Gasteiger partial charge < -0.3 is 10.1 Å². The fourth-order valence-corrected chi connectivity index (χ4v) is 1.81. The van der Waals surface area contributed by atoms with Gasteiger partial charge in [-0.15, -0.1) is 0 Å². The molecule has 1 aromatic carbocycles. The number of para-hydroxylation sites is 1. The average molecular weight is 310 g/mol. The molecule has 0 aromatic heterocycles. The van der Waals surface area contributed by atoms with E-state index < -0.39 is 11.9 Å². The first kappa shape index (κ1) is 17.2. The van der Waals surface area contributed by atoms with Gasteiger partial charge in [-0.3, -0.25) is 4.79 Å². The lowest BCUT2D eigenvalue weighted by atomic mass is 10.2. The van der Waals surface area contributed by atoms with Crippen LogP contribution < -0.4 is 5.32 Å². The van der Waals surface area contributed by atoms with E-state index >= 15 is 0 Å². The minimum Gasteiger partial charge on any atom is -0.463 e. The number of carbonyl (C=O) groups excluding carboxylic acids is 2. The van der Waals surface area contributed by atoms with Crippen LogP contribution in [0.25, 0.3) is 0 Å². The smallest absolute Gasteiger partial charge is 0.330 e. The zero-order chi connectivity index (χ0) is 15.5. The number of unbranched alkanes of at least 4 members (excludes halogenated alkanes) is 3. The summed E-state index contributed by atoms with van der Waals surface area (Å²) in [5.41, 5.74) is 0.502. The third kappa shape index (κ3) is 7.51. The third-order valence-corrected chi connectivity index (χ3v) is 3.07. The maximum absolute atomic E-state index is 11.6. The predicted octanol–water partition coefficient (Wildman–Crippen LogP) is 3.96. The molecule has 21 heavy (non-hydrogen) atoms. The molecular weight excluding hydrogens is 290 g/mol. The molecule has 0 spiro atoms. The van der Waals surface area contributed by atoms with Gasteiger partial charge in [-0.2, -0.15) is 0 Å². The van der Waals surface area contributed by atoms with E-state index in [0.717, 1.165) is 37.8 Å². The van der Waals surface area contributed by atoms with Crippen LogP contribution in [0.1, 0.15) is 32.6 Å². The van der Waals surface area contributed by atoms with E-state index in [9.17, 15) is 9.59 Å². The van der Waals surface area contributed by atoms with Crippen molar-refractivity contribution < 1.29 is 14.3 Å². The normalized spacial score (nSPS) is 10.6. The molecule has 1 N–H and O–H groups in total. The second-order valence-corrected chi connectivity index (χ2v) is 4.94. The minimum atomic E-state index is -0.513. The Balaban J connectivity index is 2.30. The van der Waals surface area contributed by atoms with Crippen molar-refractivity contribution in [2.24, 2.45) is 0 Å². The van der Waals surface area contributed by atoms with Crippen LogP contribution in [0.5, 0.6) is 0 Å². The van der Waals surface area contributed by atoms with Crippen molar-refractivity contribution >= 4 is 29.2 Å². The fraction of sp³-hybridized carbons (Fsp3) is 0.375. The topological polar surface area (TPSA) is 55.4 Å². The molecule has 0 bridgehead atoms. The summed E-state index contributed by atoms with van der Waals surface area (Å²) in [4.78, 5) is 23.0. The number of halogens is 1. The highest BCUT2D eigenvalue weighted by molar-refractivity contribution is 6.33. The van der Waals surface area contributed by atoms with Crippen molar-refractivity contribution in [2.45, 2.75) is 32.6 Å². The Morgan fingerprint density at radius 3 is 2.67 bits per heavy atom. The van der Waals surface area contributed by atoms with Crippen LogP contribution in [-0.2, 0) is 14.3 Å². The van der Waals surface area contributed by atoms with Crippen LogP contribution in [0.4, 0.5) is 5.69 Å². The summed E-state index contributed by atoms with van der Waals surface area (Å²) in [6.07, 6.45) is 6.41. The Kier molecular flexibility index (Phi) is 8.21. The zero-order valence-corrected chi connectivity index (χ0v) is 12.9. The Labute approximate surface area is 130 Å². The number of carbonyl (C=O) groups is 2. The molecule has 0 heterocycles. The first-order valence-corrected chi connectivity index (χ1v) is 7.41. The van der Waals surface area contributed by atoms with Gasteiger partial charge in [0.2, 0.25) is 5.91 Å². The summed E-state index contributed by atoms with van der Waals surface area (Å²) >= 11 is 5.91. The highest BCUT2D eigenvalue weighted by atomic mass is 35.5. The van der Waals surface area contributed by atoms with E-state index in [2.05, 4.69) is 12.2 Å². The van der Waals surface area contributed by atoms with Crippen molar-refractivity contribution in [3.63, 3.8) is 0 Å². The highest BCUT2D eigenvalue weighted by Gasteiger charge is 2.03. The standard InChI is InChI=1S/C16H20ClNO3/c1-2-3-4-7-12-21-16(20)11-10-15(19)18-14-9-6-5-8-13(14)17/h5-6,8-11H,2-4,7,12H2,1H3,(H,18,19)/b11-10+. The molecule has 5 heteroatoms. The van der Waals surface area contributed by atoms with Gasteiger partial charge in [0.05, 0.1) is 17.3 Å². The maximum Gasteiger partial charge on any atom is 0.330 e. The minimum absolute atomic E-state index is 0.384. The Morgan fingerprint density at radius 1 is 1.19 bits per heavy atom. The van der Waals surface area contributed by atoms with Crippen LogP contribution >= 0.6 is 11.6 Å². The summed E-state index contributed by atoms with van der Waals surface area (Å²) in [6, 6.07) is 6.88. The van der Waals surface area contributed by atoms with Crippen LogP contribution in [0.2, 0.25) is 5.02 Å². The lowest BCUT2D eigenvalue weighted by Gasteiger charge is -2.04. The molecule has 1 rings (SSSR count). The van der Waals surface area contributed by atoms with E-state index in [1.807, 2.05) is 0 Å². The van der Waals surface area contributed by atoms with Crippen molar-refractivity contribution in [1.29, 1.82) is 0 Å². The number of ether oxygens (including phenoxy) is 1. The Hall–Kier alpha value is -1.81. The largest absolute Gasteiger partial charge is 0.463 e. The summed E-state index contributed by atoms with van der Waals surface area (Å²) in [5, 5.41) is 3.03. The van der Waals surface area contributed by atoms with Crippen LogP contribution in [0.3, 0.4) is 0 Å². The van der Waals surface area contributed by atoms with Gasteiger partial charge >= 0.3 is 5.97 Å². The molecule has 0 atom stereocenters. The molecule has 4 nitrogen and oxygen atoms in total. The van der Waals surface area contributed by atoms with E-state index in [0.29, 0.717) is 17.3 Å². The molecule has 114 valence electrons. The highest BCUT2D eigenvalue weighted by Crippen LogP contribution is 2.20. The molecule has 1 aromatic rings. The summed E-state index contributed by atoms with van der Waals surface area (Å²) < 4.78 is 4.98. The Morgan fingerprint density at radius 2 is 1.95 bits per heavy atom. The number of anilines is 1. The summed E-state index contributed by atoms with van der Waals surface area (Å²) in [7, 11) is 0. The van der Waals surface area contributed by atoms with Crippen molar-refractivity contribution in [3.05, 3.63) is 41.4 Å². The molecular formula is C16H20ClNO3. The lowest BCUT2D eigenvalue weighted by molar-refractivity contribution is -0.138. The van der Waals surface area contributed by atoms with Gasteiger partial charge in [-0.1, -0.05) is 49.9 Å². The number of amides is 1. The van der Waals surface area contributed by atoms with E-state index in [1.165, 1.54) is 0 Å². The molecule has 1 amide bonds. The number of hydrogen-bond acceptors (Lipinski definition) is 3. The zero-order valence-electron chi connectivity index (χ0n) is 12.1. The third-order valence-electron chi connectivity index (χ3n) is 2.74. The number of rotatable bonds is 8.